The first-order chi connectivity index (χ1) is 8.26. The molecule has 0 radical (unpaired) electrons. The Morgan fingerprint density at radius 3 is 2.71 bits per heavy atom. The second kappa shape index (κ2) is 5.07. The van der Waals surface area contributed by atoms with E-state index in [1.807, 2.05) is 0 Å². The number of hydrogen-bond donors (Lipinski definition) is 1. The highest BCUT2D eigenvalue weighted by molar-refractivity contribution is 7.07. The molecule has 0 amide bonds. The van der Waals surface area contributed by atoms with Crippen LogP contribution in [0, 0.1) is 0 Å². The van der Waals surface area contributed by atoms with Crippen molar-refractivity contribution < 1.29 is 14.6 Å². The first-order valence-corrected chi connectivity index (χ1v) is 5.71. The highest BCUT2D eigenvalue weighted by Gasteiger charge is 2.20. The number of thiazole rings is 1. The molecule has 7 heteroatoms. The van der Waals surface area contributed by atoms with E-state index in [0.29, 0.717) is 17.3 Å². The Hall–Kier alpha value is -1.73. The Labute approximate surface area is 102 Å². The normalized spacial score (nSPS) is 12.2. The Morgan fingerprint density at radius 2 is 2.12 bits per heavy atom. The van der Waals surface area contributed by atoms with Crippen LogP contribution < -0.4 is 9.47 Å². The van der Waals surface area contributed by atoms with Gasteiger partial charge in [0, 0.05) is 5.38 Å². The first-order valence-electron chi connectivity index (χ1n) is 4.77. The van der Waals surface area contributed by atoms with E-state index >= 15 is 0 Å². The molecule has 2 rings (SSSR count). The molecule has 0 aliphatic rings. The summed E-state index contributed by atoms with van der Waals surface area (Å²) in [7, 11) is 2.95. The van der Waals surface area contributed by atoms with E-state index in [1.54, 1.807) is 10.9 Å². The summed E-state index contributed by atoms with van der Waals surface area (Å²) in [5.41, 5.74) is 2.48. The van der Waals surface area contributed by atoms with Crippen LogP contribution in [0.5, 0.6) is 11.8 Å². The number of aliphatic hydroxyl groups excluding tert-OH is 1. The summed E-state index contributed by atoms with van der Waals surface area (Å²) >= 11 is 1.40. The molecule has 0 spiro atoms. The molecule has 1 N–H and O–H groups in total. The molecule has 0 aliphatic heterocycles. The van der Waals surface area contributed by atoms with Crippen molar-refractivity contribution in [2.45, 2.75) is 6.10 Å². The minimum absolute atomic E-state index is 0.227. The molecule has 6 nitrogen and oxygen atoms in total. The van der Waals surface area contributed by atoms with Crippen molar-refractivity contribution >= 4 is 11.3 Å². The predicted molar refractivity (Wildman–Crippen MR) is 61.3 cm³/mol. The van der Waals surface area contributed by atoms with Gasteiger partial charge < -0.3 is 14.6 Å². The molecule has 0 bridgehead atoms. The minimum Gasteiger partial charge on any atom is -0.480 e. The maximum Gasteiger partial charge on any atom is 0.241 e. The molecule has 1 unspecified atom stereocenters. The van der Waals surface area contributed by atoms with Gasteiger partial charge in [-0.05, 0) is 0 Å². The van der Waals surface area contributed by atoms with Gasteiger partial charge in [0.2, 0.25) is 11.8 Å². The quantitative estimate of drug-likeness (QED) is 0.877. The lowest BCUT2D eigenvalue weighted by atomic mass is 10.2. The van der Waals surface area contributed by atoms with Gasteiger partial charge in [0.05, 0.1) is 31.6 Å². The van der Waals surface area contributed by atoms with E-state index < -0.39 is 6.10 Å². The molecular formula is C10H11N3O3S. The minimum atomic E-state index is -0.949. The fourth-order valence-corrected chi connectivity index (χ4v) is 1.87. The highest BCUT2D eigenvalue weighted by atomic mass is 32.1. The summed E-state index contributed by atoms with van der Waals surface area (Å²) in [4.78, 5) is 12.2. The lowest BCUT2D eigenvalue weighted by Gasteiger charge is -2.11. The summed E-state index contributed by atoms with van der Waals surface area (Å²) in [6, 6.07) is 0. The van der Waals surface area contributed by atoms with E-state index in [2.05, 4.69) is 15.0 Å². The van der Waals surface area contributed by atoms with Gasteiger partial charge in [-0.25, -0.2) is 9.97 Å². The van der Waals surface area contributed by atoms with Crippen LogP contribution in [0.15, 0.2) is 17.1 Å². The molecule has 2 heterocycles. The number of nitrogens with zero attached hydrogens (tertiary/aromatic N) is 3. The van der Waals surface area contributed by atoms with Crippen LogP contribution in [-0.2, 0) is 0 Å². The average Bonchev–Trinajstić information content (AvgIpc) is 2.91. The summed E-state index contributed by atoms with van der Waals surface area (Å²) < 4.78 is 10.0. The second-order valence-electron chi connectivity index (χ2n) is 3.12. The Kier molecular flexibility index (Phi) is 3.50. The summed E-state index contributed by atoms with van der Waals surface area (Å²) in [6.45, 7) is 0. The molecule has 0 aliphatic carbocycles. The van der Waals surface area contributed by atoms with Crippen LogP contribution in [0.25, 0.3) is 0 Å². The maximum absolute atomic E-state index is 10.1. The topological polar surface area (TPSA) is 77.4 Å². The molecule has 1 atom stereocenters. The van der Waals surface area contributed by atoms with Crippen LogP contribution in [0.1, 0.15) is 17.5 Å². The lowest BCUT2D eigenvalue weighted by molar-refractivity contribution is 0.202. The smallest absolute Gasteiger partial charge is 0.241 e. The van der Waals surface area contributed by atoms with Gasteiger partial charge in [-0.2, -0.15) is 4.98 Å². The molecule has 17 heavy (non-hydrogen) atoms. The van der Waals surface area contributed by atoms with E-state index in [4.69, 9.17) is 9.47 Å². The number of aliphatic hydroxyl groups is 1. The third kappa shape index (κ3) is 2.34. The lowest BCUT2D eigenvalue weighted by Crippen LogP contribution is -2.07. The number of ether oxygens (including phenoxy) is 2. The van der Waals surface area contributed by atoms with Gasteiger partial charge in [0.1, 0.15) is 11.8 Å². The molecule has 90 valence electrons. The second-order valence-corrected chi connectivity index (χ2v) is 3.84. The zero-order valence-electron chi connectivity index (χ0n) is 9.32. The van der Waals surface area contributed by atoms with Gasteiger partial charge in [-0.15, -0.1) is 11.3 Å². The van der Waals surface area contributed by atoms with Crippen LogP contribution in [0.4, 0.5) is 0 Å². The molecule has 2 aromatic rings. The van der Waals surface area contributed by atoms with Crippen LogP contribution in [0.2, 0.25) is 0 Å². The van der Waals surface area contributed by atoms with Crippen molar-refractivity contribution in [1.29, 1.82) is 0 Å². The zero-order chi connectivity index (χ0) is 12.3. The summed E-state index contributed by atoms with van der Waals surface area (Å²) in [5, 5.41) is 11.8. The van der Waals surface area contributed by atoms with Crippen molar-refractivity contribution in [3.05, 3.63) is 28.5 Å². The van der Waals surface area contributed by atoms with Crippen LogP contribution in [-0.4, -0.2) is 34.3 Å². The fraction of sp³-hybridized carbons (Fsp3) is 0.300. The van der Waals surface area contributed by atoms with Crippen molar-refractivity contribution in [3.63, 3.8) is 0 Å². The Morgan fingerprint density at radius 1 is 1.29 bits per heavy atom. The third-order valence-electron chi connectivity index (χ3n) is 2.14. The van der Waals surface area contributed by atoms with Crippen molar-refractivity contribution in [2.75, 3.05) is 14.2 Å². The largest absolute Gasteiger partial charge is 0.480 e. The van der Waals surface area contributed by atoms with Gasteiger partial charge in [0.25, 0.3) is 0 Å². The number of aromatic nitrogens is 3. The first kappa shape index (κ1) is 11.7. The van der Waals surface area contributed by atoms with Gasteiger partial charge in [0.15, 0.2) is 0 Å². The third-order valence-corrected chi connectivity index (χ3v) is 2.74. The van der Waals surface area contributed by atoms with E-state index in [0.717, 1.165) is 0 Å². The number of hydrogen-bond acceptors (Lipinski definition) is 7. The van der Waals surface area contributed by atoms with E-state index in [-0.39, 0.29) is 5.88 Å². The SMILES string of the molecule is COc1cnc(C(O)c2cscn2)c(OC)n1. The van der Waals surface area contributed by atoms with E-state index in [1.165, 1.54) is 31.8 Å². The molecular weight excluding hydrogens is 242 g/mol. The van der Waals surface area contributed by atoms with Gasteiger partial charge >= 0.3 is 0 Å². The standard InChI is InChI=1S/C10H11N3O3S/c1-15-7-3-11-8(10(13-7)16-2)9(14)6-4-17-5-12-6/h3-5,9,14H,1-2H3. The van der Waals surface area contributed by atoms with Crippen LogP contribution >= 0.6 is 11.3 Å². The van der Waals surface area contributed by atoms with Crippen molar-refractivity contribution in [3.8, 4) is 11.8 Å². The number of methoxy groups -OCH3 is 2. The van der Waals surface area contributed by atoms with Crippen molar-refractivity contribution in [1.82, 2.24) is 15.0 Å². The molecule has 0 aromatic carbocycles. The Balaban J connectivity index is 2.38. The van der Waals surface area contributed by atoms with Gasteiger partial charge in [-0.3, -0.25) is 0 Å². The molecule has 0 saturated carbocycles. The summed E-state index contributed by atoms with van der Waals surface area (Å²) in [5.74, 6) is 0.556. The van der Waals surface area contributed by atoms with Gasteiger partial charge in [-0.1, -0.05) is 0 Å². The zero-order valence-corrected chi connectivity index (χ0v) is 10.1. The van der Waals surface area contributed by atoms with Crippen molar-refractivity contribution in [2.24, 2.45) is 0 Å². The predicted octanol–water partition coefficient (Wildman–Crippen LogP) is 1.03. The maximum atomic E-state index is 10.1. The fourth-order valence-electron chi connectivity index (χ4n) is 1.30. The number of rotatable bonds is 4. The van der Waals surface area contributed by atoms with Crippen LogP contribution in [0.3, 0.4) is 0 Å². The molecule has 2 aromatic heterocycles. The molecule has 0 fully saturated rings. The average molecular weight is 253 g/mol. The monoisotopic (exact) mass is 253 g/mol. The summed E-state index contributed by atoms with van der Waals surface area (Å²) in [6.07, 6.45) is 0.475. The van der Waals surface area contributed by atoms with E-state index in [9.17, 15) is 5.11 Å². The molecule has 0 saturated heterocycles. The Bertz CT molecular complexity index is 490. The highest BCUT2D eigenvalue weighted by Crippen LogP contribution is 2.27.